The molecule has 216 valence electrons. The van der Waals surface area contributed by atoms with Crippen LogP contribution in [0, 0.1) is 0 Å². The molecule has 6 rings (SSSR count). The van der Waals surface area contributed by atoms with Gasteiger partial charge in [0, 0.05) is 12.0 Å². The molecule has 0 saturated carbocycles. The molecule has 44 heavy (non-hydrogen) atoms. The van der Waals surface area contributed by atoms with E-state index in [-0.39, 0.29) is 6.02 Å². The van der Waals surface area contributed by atoms with E-state index in [4.69, 9.17) is 19.9 Å². The van der Waals surface area contributed by atoms with Crippen molar-refractivity contribution in [3.63, 3.8) is 0 Å². The fraction of sp³-hybridized carbons (Fsp3) is 0.0541. The number of amides is 1. The third kappa shape index (κ3) is 7.27. The lowest BCUT2D eigenvalue weighted by Gasteiger charge is -2.14. The van der Waals surface area contributed by atoms with E-state index in [0.717, 1.165) is 22.3 Å². The van der Waals surface area contributed by atoms with E-state index in [9.17, 15) is 4.79 Å². The van der Waals surface area contributed by atoms with Gasteiger partial charge in [-0.3, -0.25) is 4.79 Å². The molecule has 0 spiro atoms. The Morgan fingerprint density at radius 3 is 1.57 bits per heavy atom. The lowest BCUT2D eigenvalue weighted by molar-refractivity contribution is 0.100. The molecule has 0 fully saturated rings. The van der Waals surface area contributed by atoms with Crippen molar-refractivity contribution >= 4 is 17.8 Å². The van der Waals surface area contributed by atoms with E-state index in [2.05, 4.69) is 34.3 Å². The van der Waals surface area contributed by atoms with Gasteiger partial charge in [0.15, 0.2) is 5.90 Å². The van der Waals surface area contributed by atoms with Crippen molar-refractivity contribution in [3.05, 3.63) is 151 Å². The van der Waals surface area contributed by atoms with E-state index >= 15 is 0 Å². The molecule has 0 radical (unpaired) electrons. The monoisotopic (exact) mass is 579 g/mol. The predicted octanol–water partition coefficient (Wildman–Crippen LogP) is 8.05. The van der Waals surface area contributed by atoms with Gasteiger partial charge in [-0.15, -0.1) is 0 Å². The van der Waals surface area contributed by atoms with Gasteiger partial charge in [0.05, 0.1) is 0 Å². The molecule has 0 aliphatic carbocycles. The van der Waals surface area contributed by atoms with Crippen LogP contribution in [-0.2, 0) is 0 Å². The number of carbonyl (C=O) groups excluding carboxylic acids is 1. The topological polar surface area (TPSA) is 95.5 Å². The molecule has 1 heterocycles. The van der Waals surface area contributed by atoms with Crippen molar-refractivity contribution in [2.75, 3.05) is 0 Å². The summed E-state index contributed by atoms with van der Waals surface area (Å²) >= 11 is 0. The van der Waals surface area contributed by atoms with E-state index in [1.807, 2.05) is 91.0 Å². The molecule has 5 aromatic rings. The minimum Gasteiger partial charge on any atom is -0.443 e. The van der Waals surface area contributed by atoms with E-state index in [1.54, 1.807) is 24.3 Å². The van der Waals surface area contributed by atoms with Crippen molar-refractivity contribution in [2.45, 2.75) is 12.8 Å². The number of primary amides is 1. The number of carbonyl (C=O) groups is 1. The van der Waals surface area contributed by atoms with E-state index < -0.39 is 5.91 Å². The van der Waals surface area contributed by atoms with Crippen molar-refractivity contribution < 1.29 is 19.0 Å². The maximum absolute atomic E-state index is 11.5. The molecule has 1 aliphatic heterocycles. The molecule has 0 aromatic heterocycles. The maximum Gasteiger partial charge on any atom is 0.328 e. The number of amidine groups is 1. The largest absolute Gasteiger partial charge is 0.443 e. The first-order valence-electron chi connectivity index (χ1n) is 14.2. The normalized spacial score (nSPS) is 13.0. The summed E-state index contributed by atoms with van der Waals surface area (Å²) in [7, 11) is 0. The Bertz CT molecular complexity index is 1810. The number of ether oxygens (including phenoxy) is 3. The van der Waals surface area contributed by atoms with Crippen molar-refractivity contribution in [1.82, 2.24) is 0 Å². The molecule has 2 N–H and O–H groups in total. The Morgan fingerprint density at radius 2 is 1.02 bits per heavy atom. The van der Waals surface area contributed by atoms with Crippen LogP contribution in [0.5, 0.6) is 17.2 Å². The maximum atomic E-state index is 11.5. The van der Waals surface area contributed by atoms with Gasteiger partial charge in [0.1, 0.15) is 17.2 Å². The highest BCUT2D eigenvalue weighted by Gasteiger charge is 2.14. The van der Waals surface area contributed by atoms with Crippen LogP contribution < -0.4 is 19.9 Å². The highest BCUT2D eigenvalue weighted by atomic mass is 16.5. The summed E-state index contributed by atoms with van der Waals surface area (Å²) in [4.78, 5) is 20.7. The fourth-order valence-corrected chi connectivity index (χ4v) is 4.57. The van der Waals surface area contributed by atoms with Crippen LogP contribution >= 0.6 is 0 Å². The van der Waals surface area contributed by atoms with Crippen LogP contribution in [0.15, 0.2) is 155 Å². The SMILES string of the molecule is NC(=O)c1ccc(OC2=NC(Oc3ccc(-c4ccccc4)cc3)=CCCC(Oc3ccc(-c4ccccc4)cc3)=N2)cc1. The Labute approximate surface area is 255 Å². The van der Waals surface area contributed by atoms with Gasteiger partial charge < -0.3 is 19.9 Å². The molecule has 0 saturated heterocycles. The number of allylic oxidation sites excluding steroid dienone is 1. The Kier molecular flexibility index (Phi) is 8.55. The highest BCUT2D eigenvalue weighted by molar-refractivity contribution is 5.94. The van der Waals surface area contributed by atoms with E-state index in [1.165, 1.54) is 0 Å². The molecule has 5 aromatic carbocycles. The second-order valence-electron chi connectivity index (χ2n) is 9.96. The van der Waals surface area contributed by atoms with Crippen molar-refractivity contribution in [2.24, 2.45) is 15.7 Å². The third-order valence-corrected chi connectivity index (χ3v) is 6.83. The molecule has 1 aliphatic rings. The van der Waals surface area contributed by atoms with Crippen LogP contribution in [0.2, 0.25) is 0 Å². The first-order chi connectivity index (χ1) is 21.6. The van der Waals surface area contributed by atoms with Crippen LogP contribution in [0.1, 0.15) is 23.2 Å². The molecule has 7 nitrogen and oxygen atoms in total. The molecular formula is C37H29N3O4. The lowest BCUT2D eigenvalue weighted by Crippen LogP contribution is -2.17. The van der Waals surface area contributed by atoms with Crippen LogP contribution in [-0.4, -0.2) is 17.8 Å². The smallest absolute Gasteiger partial charge is 0.328 e. The minimum absolute atomic E-state index is 0.0274. The average molecular weight is 580 g/mol. The zero-order valence-electron chi connectivity index (χ0n) is 23.8. The molecule has 1 amide bonds. The zero-order valence-corrected chi connectivity index (χ0v) is 23.8. The van der Waals surface area contributed by atoms with Gasteiger partial charge in [-0.05, 0) is 83.3 Å². The van der Waals surface area contributed by atoms with Crippen LogP contribution in [0.25, 0.3) is 22.3 Å². The third-order valence-electron chi connectivity index (χ3n) is 6.83. The Hall–Kier alpha value is -5.95. The van der Waals surface area contributed by atoms with Crippen molar-refractivity contribution in [1.29, 1.82) is 0 Å². The van der Waals surface area contributed by atoms with Gasteiger partial charge in [-0.1, -0.05) is 84.9 Å². The lowest BCUT2D eigenvalue weighted by atomic mass is 10.1. The second kappa shape index (κ2) is 13.4. The number of hydrogen-bond donors (Lipinski definition) is 1. The summed E-state index contributed by atoms with van der Waals surface area (Å²) in [6.07, 6.45) is 2.95. The number of hydrogen-bond acceptors (Lipinski definition) is 6. The zero-order chi connectivity index (χ0) is 30.1. The van der Waals surface area contributed by atoms with Gasteiger partial charge in [-0.2, -0.15) is 9.98 Å². The number of nitrogens with zero attached hydrogens (tertiary/aromatic N) is 2. The molecule has 0 unspecified atom stereocenters. The highest BCUT2D eigenvalue weighted by Crippen LogP contribution is 2.26. The molecular weight excluding hydrogens is 550 g/mol. The van der Waals surface area contributed by atoms with Gasteiger partial charge >= 0.3 is 6.02 Å². The summed E-state index contributed by atoms with van der Waals surface area (Å²) in [5, 5.41) is 0. The van der Waals surface area contributed by atoms with Gasteiger partial charge in [-0.25, -0.2) is 0 Å². The number of aliphatic imine (C=N–C) groups is 2. The summed E-state index contributed by atoms with van der Waals surface area (Å²) in [5.41, 5.74) is 10.2. The summed E-state index contributed by atoms with van der Waals surface area (Å²) in [6, 6.07) is 42.4. The second-order valence-corrected chi connectivity index (χ2v) is 9.96. The quantitative estimate of drug-likeness (QED) is 0.211. The predicted molar refractivity (Wildman–Crippen MR) is 173 cm³/mol. The van der Waals surface area contributed by atoms with Crippen LogP contribution in [0.3, 0.4) is 0 Å². The number of benzene rings is 5. The van der Waals surface area contributed by atoms with E-state index in [0.29, 0.717) is 47.4 Å². The Morgan fingerprint density at radius 1 is 0.545 bits per heavy atom. The van der Waals surface area contributed by atoms with Gasteiger partial charge in [0.2, 0.25) is 11.8 Å². The van der Waals surface area contributed by atoms with Gasteiger partial charge in [0.25, 0.3) is 0 Å². The number of nitrogens with two attached hydrogens (primary N) is 1. The molecule has 7 heteroatoms. The molecule has 0 atom stereocenters. The summed E-state index contributed by atoms with van der Waals surface area (Å²) < 4.78 is 18.3. The minimum atomic E-state index is -0.524. The number of rotatable bonds is 7. The van der Waals surface area contributed by atoms with Crippen molar-refractivity contribution in [3.8, 4) is 39.5 Å². The molecule has 0 bridgehead atoms. The first kappa shape index (κ1) is 28.2. The Balaban J connectivity index is 1.23. The average Bonchev–Trinajstić information content (AvgIpc) is 3.05. The standard InChI is InChI=1S/C37H29N3O4/c38-36(41)30-18-24-33(25-19-30)44-37-39-34(42-31-20-14-28(15-21-31)26-8-3-1-4-9-26)12-7-13-35(40-37)43-32-22-16-29(17-23-32)27-10-5-2-6-11-27/h1-6,8-12,14-25H,7,13H2,(H2,38,41). The summed E-state index contributed by atoms with van der Waals surface area (Å²) in [6.45, 7) is 0. The first-order valence-corrected chi connectivity index (χ1v) is 14.2. The fourth-order valence-electron chi connectivity index (χ4n) is 4.57. The van der Waals surface area contributed by atoms with Crippen LogP contribution in [0.4, 0.5) is 0 Å². The summed E-state index contributed by atoms with van der Waals surface area (Å²) in [5.74, 6) is 1.96.